The van der Waals surface area contributed by atoms with E-state index >= 15 is 0 Å². The third-order valence-corrected chi connectivity index (χ3v) is 3.45. The normalized spacial score (nSPS) is 9.85. The third kappa shape index (κ3) is 3.54. The molecule has 2 rings (SSSR count). The van der Waals surface area contributed by atoms with E-state index in [1.165, 1.54) is 12.1 Å². The van der Waals surface area contributed by atoms with Gasteiger partial charge < -0.3 is 5.32 Å². The Kier molecular flexibility index (Phi) is 4.69. The molecule has 0 aliphatic carbocycles. The van der Waals surface area contributed by atoms with E-state index in [4.69, 9.17) is 5.26 Å². The number of hydrogen-bond donors (Lipinski definition) is 1. The van der Waals surface area contributed by atoms with Crippen molar-refractivity contribution in [3.05, 3.63) is 68.5 Å². The summed E-state index contributed by atoms with van der Waals surface area (Å²) in [5, 5.41) is 11.3. The Hall–Kier alpha value is -1.94. The molecule has 2 aromatic carbocycles. The summed E-state index contributed by atoms with van der Waals surface area (Å²) in [6.07, 6.45) is 0. The van der Waals surface area contributed by atoms with E-state index in [1.807, 2.05) is 18.2 Å². The van der Waals surface area contributed by atoms with Gasteiger partial charge >= 0.3 is 0 Å². The van der Waals surface area contributed by atoms with Gasteiger partial charge in [-0.2, -0.15) is 5.26 Å². The van der Waals surface area contributed by atoms with E-state index < -0.39 is 5.82 Å². The van der Waals surface area contributed by atoms with Crippen molar-refractivity contribution in [1.82, 2.24) is 5.32 Å². The molecule has 0 unspecified atom stereocenters. The fourth-order valence-electron chi connectivity index (χ4n) is 1.64. The number of benzene rings is 2. The molecule has 100 valence electrons. The van der Waals surface area contributed by atoms with Crippen molar-refractivity contribution in [1.29, 1.82) is 5.26 Å². The molecule has 0 aromatic heterocycles. The van der Waals surface area contributed by atoms with Crippen LogP contribution in [0.1, 0.15) is 21.5 Å². The van der Waals surface area contributed by atoms with Crippen molar-refractivity contribution in [2.24, 2.45) is 0 Å². The zero-order valence-electron chi connectivity index (χ0n) is 10.4. The predicted molar refractivity (Wildman–Crippen MR) is 81.4 cm³/mol. The molecule has 1 amide bonds. The maximum atomic E-state index is 13.6. The highest BCUT2D eigenvalue weighted by Gasteiger charge is 2.08. The monoisotopic (exact) mass is 380 g/mol. The lowest BCUT2D eigenvalue weighted by Gasteiger charge is -2.06. The van der Waals surface area contributed by atoms with Crippen LogP contribution in [0.3, 0.4) is 0 Å². The average molecular weight is 380 g/mol. The molecule has 1 N–H and O–H groups in total. The topological polar surface area (TPSA) is 52.9 Å². The molecule has 0 aliphatic rings. The largest absolute Gasteiger partial charge is 0.348 e. The van der Waals surface area contributed by atoms with Crippen LogP contribution in [0.25, 0.3) is 0 Å². The van der Waals surface area contributed by atoms with Crippen LogP contribution in [0.4, 0.5) is 4.39 Å². The van der Waals surface area contributed by atoms with Gasteiger partial charge in [0.15, 0.2) is 0 Å². The van der Waals surface area contributed by atoms with E-state index in [9.17, 15) is 9.18 Å². The number of nitriles is 1. The third-order valence-electron chi connectivity index (χ3n) is 2.73. The Morgan fingerprint density at radius 2 is 1.95 bits per heavy atom. The summed E-state index contributed by atoms with van der Waals surface area (Å²) >= 11 is 2.15. The number of nitrogens with one attached hydrogen (secondary N) is 1. The first-order chi connectivity index (χ1) is 9.60. The van der Waals surface area contributed by atoms with Gasteiger partial charge in [-0.1, -0.05) is 6.07 Å². The zero-order chi connectivity index (χ0) is 14.5. The molecule has 2 aromatic rings. The quantitative estimate of drug-likeness (QED) is 0.832. The summed E-state index contributed by atoms with van der Waals surface area (Å²) in [6.45, 7) is 0.0857. The molecule has 0 bridgehead atoms. The van der Waals surface area contributed by atoms with E-state index in [-0.39, 0.29) is 18.0 Å². The van der Waals surface area contributed by atoms with E-state index in [1.54, 1.807) is 12.1 Å². The lowest BCUT2D eigenvalue weighted by Crippen LogP contribution is -2.23. The summed E-state index contributed by atoms with van der Waals surface area (Å²) in [5.74, 6) is -0.753. The van der Waals surface area contributed by atoms with Gasteiger partial charge in [0.25, 0.3) is 5.91 Å². The second-order valence-corrected chi connectivity index (χ2v) is 5.35. The van der Waals surface area contributed by atoms with Crippen LogP contribution in [0.2, 0.25) is 0 Å². The molecule has 0 aliphatic heterocycles. The summed E-state index contributed by atoms with van der Waals surface area (Å²) < 4.78 is 14.7. The highest BCUT2D eigenvalue weighted by Crippen LogP contribution is 2.11. The number of nitrogens with zero attached hydrogens (tertiary/aromatic N) is 1. The van der Waals surface area contributed by atoms with Gasteiger partial charge in [-0.25, -0.2) is 4.39 Å². The van der Waals surface area contributed by atoms with E-state index in [2.05, 4.69) is 27.9 Å². The minimum atomic E-state index is -0.494. The van der Waals surface area contributed by atoms with Gasteiger partial charge in [-0.15, -0.1) is 0 Å². The number of rotatable bonds is 3. The smallest absolute Gasteiger partial charge is 0.251 e. The summed E-state index contributed by atoms with van der Waals surface area (Å²) in [5.41, 5.74) is 1.14. The Balaban J connectivity index is 2.04. The zero-order valence-corrected chi connectivity index (χ0v) is 12.5. The summed E-state index contributed by atoms with van der Waals surface area (Å²) in [6, 6.07) is 13.1. The Morgan fingerprint density at radius 1 is 1.25 bits per heavy atom. The van der Waals surface area contributed by atoms with Gasteiger partial charge in [0, 0.05) is 21.2 Å². The van der Waals surface area contributed by atoms with Crippen LogP contribution in [0, 0.1) is 20.7 Å². The second kappa shape index (κ2) is 6.48. The van der Waals surface area contributed by atoms with Crippen LogP contribution in [-0.4, -0.2) is 5.91 Å². The first kappa shape index (κ1) is 14.5. The standard InChI is InChI=1S/C15H10FIN2O/c16-14-7-10(8-18)1-2-12(14)9-19-15(20)11-3-5-13(17)6-4-11/h1-7H,9H2,(H,19,20). The minimum absolute atomic E-state index is 0.0857. The second-order valence-electron chi connectivity index (χ2n) is 4.11. The fourth-order valence-corrected chi connectivity index (χ4v) is 2.00. The molecule has 20 heavy (non-hydrogen) atoms. The molecule has 5 heteroatoms. The first-order valence-electron chi connectivity index (χ1n) is 5.82. The van der Waals surface area contributed by atoms with Gasteiger partial charge in [0.2, 0.25) is 0 Å². The highest BCUT2D eigenvalue weighted by atomic mass is 127. The Morgan fingerprint density at radius 3 is 2.55 bits per heavy atom. The number of carbonyl (C=O) groups excluding carboxylic acids is 1. The molecule has 0 heterocycles. The van der Waals surface area contributed by atoms with Gasteiger partial charge in [0.1, 0.15) is 5.82 Å². The van der Waals surface area contributed by atoms with Gasteiger partial charge in [0.05, 0.1) is 11.6 Å². The molecule has 0 saturated heterocycles. The summed E-state index contributed by atoms with van der Waals surface area (Å²) in [7, 11) is 0. The maximum Gasteiger partial charge on any atom is 0.251 e. The van der Waals surface area contributed by atoms with E-state index in [0.29, 0.717) is 11.1 Å². The predicted octanol–water partition coefficient (Wildman–Crippen LogP) is 3.23. The fraction of sp³-hybridized carbons (Fsp3) is 0.0667. The molecule has 0 spiro atoms. The number of hydrogen-bond acceptors (Lipinski definition) is 2. The van der Waals surface area contributed by atoms with E-state index in [0.717, 1.165) is 9.64 Å². The lowest BCUT2D eigenvalue weighted by molar-refractivity contribution is 0.0950. The average Bonchev–Trinajstić information content (AvgIpc) is 2.46. The lowest BCUT2D eigenvalue weighted by atomic mass is 10.1. The maximum absolute atomic E-state index is 13.6. The number of carbonyl (C=O) groups is 1. The van der Waals surface area contributed by atoms with Crippen molar-refractivity contribution in [2.45, 2.75) is 6.54 Å². The molecular weight excluding hydrogens is 370 g/mol. The van der Waals surface area contributed by atoms with Gasteiger partial charge in [-0.3, -0.25) is 4.79 Å². The molecule has 0 radical (unpaired) electrons. The van der Waals surface area contributed by atoms with Crippen LogP contribution < -0.4 is 5.32 Å². The van der Waals surface area contributed by atoms with Crippen molar-refractivity contribution in [2.75, 3.05) is 0 Å². The van der Waals surface area contributed by atoms with Crippen LogP contribution in [-0.2, 0) is 6.54 Å². The number of amides is 1. The molecule has 0 fully saturated rings. The minimum Gasteiger partial charge on any atom is -0.348 e. The van der Waals surface area contributed by atoms with Crippen molar-refractivity contribution in [3.8, 4) is 6.07 Å². The molecule has 0 atom stereocenters. The SMILES string of the molecule is N#Cc1ccc(CNC(=O)c2ccc(I)cc2)c(F)c1. The Labute approximate surface area is 129 Å². The van der Waals surface area contributed by atoms with Crippen LogP contribution in [0.15, 0.2) is 42.5 Å². The summed E-state index contributed by atoms with van der Waals surface area (Å²) in [4.78, 5) is 11.9. The molecule has 0 saturated carbocycles. The van der Waals surface area contributed by atoms with Crippen molar-refractivity contribution in [3.63, 3.8) is 0 Å². The highest BCUT2D eigenvalue weighted by molar-refractivity contribution is 14.1. The molecule has 3 nitrogen and oxygen atoms in total. The van der Waals surface area contributed by atoms with Crippen molar-refractivity contribution >= 4 is 28.5 Å². The molecular formula is C15H10FIN2O. The first-order valence-corrected chi connectivity index (χ1v) is 6.90. The van der Waals surface area contributed by atoms with Crippen molar-refractivity contribution < 1.29 is 9.18 Å². The van der Waals surface area contributed by atoms with Crippen LogP contribution in [0.5, 0.6) is 0 Å². The Bertz CT molecular complexity index is 677. The number of halogens is 2. The van der Waals surface area contributed by atoms with Gasteiger partial charge in [-0.05, 0) is 59.0 Å². The van der Waals surface area contributed by atoms with Crippen LogP contribution >= 0.6 is 22.6 Å².